The van der Waals surface area contributed by atoms with Crippen molar-refractivity contribution in [3.05, 3.63) is 68.1 Å². The van der Waals surface area contributed by atoms with Crippen molar-refractivity contribution in [2.75, 3.05) is 0 Å². The van der Waals surface area contributed by atoms with Gasteiger partial charge >= 0.3 is 0 Å². The van der Waals surface area contributed by atoms with Crippen LogP contribution in [0.4, 0.5) is 4.39 Å². The lowest BCUT2D eigenvalue weighted by Crippen LogP contribution is -1.93. The standard InChI is InChI=1S/C16H11BrClFS/c1-9-8-14(20-16(9)17)15(18)12-6-7-13(19)11-5-3-2-4-10(11)12/h2-8,15H,1H3. The third-order valence-corrected chi connectivity index (χ3v) is 6.10. The van der Waals surface area contributed by atoms with Gasteiger partial charge in [-0.3, -0.25) is 0 Å². The molecule has 102 valence electrons. The number of alkyl halides is 1. The summed E-state index contributed by atoms with van der Waals surface area (Å²) in [4.78, 5) is 1.06. The van der Waals surface area contributed by atoms with Gasteiger partial charge in [-0.2, -0.15) is 0 Å². The highest BCUT2D eigenvalue weighted by Gasteiger charge is 2.18. The highest BCUT2D eigenvalue weighted by Crippen LogP contribution is 2.40. The number of rotatable bonds is 2. The first kappa shape index (κ1) is 14.1. The molecule has 3 aromatic rings. The molecule has 0 aliphatic carbocycles. The van der Waals surface area contributed by atoms with Gasteiger partial charge in [0.05, 0.1) is 9.16 Å². The van der Waals surface area contributed by atoms with Crippen LogP contribution in [-0.2, 0) is 0 Å². The zero-order valence-corrected chi connectivity index (χ0v) is 13.8. The minimum absolute atomic E-state index is 0.211. The number of halogens is 3. The summed E-state index contributed by atoms with van der Waals surface area (Å²) in [5, 5.41) is 1.22. The number of thiophene rings is 1. The summed E-state index contributed by atoms with van der Waals surface area (Å²) >= 11 is 11.8. The summed E-state index contributed by atoms with van der Waals surface area (Å²) in [7, 11) is 0. The highest BCUT2D eigenvalue weighted by atomic mass is 79.9. The fraction of sp³-hybridized carbons (Fsp3) is 0.125. The Morgan fingerprint density at radius 3 is 2.50 bits per heavy atom. The fourth-order valence-corrected chi connectivity index (χ4v) is 4.22. The van der Waals surface area contributed by atoms with Gasteiger partial charge in [0.25, 0.3) is 0 Å². The zero-order valence-electron chi connectivity index (χ0n) is 10.7. The van der Waals surface area contributed by atoms with E-state index in [1.807, 2.05) is 25.1 Å². The van der Waals surface area contributed by atoms with Gasteiger partial charge in [-0.15, -0.1) is 22.9 Å². The summed E-state index contributed by atoms with van der Waals surface area (Å²) in [6.45, 7) is 2.04. The molecule has 0 radical (unpaired) electrons. The zero-order chi connectivity index (χ0) is 14.3. The van der Waals surface area contributed by atoms with E-state index in [9.17, 15) is 4.39 Å². The molecular weight excluding hydrogens is 359 g/mol. The minimum atomic E-state index is -0.268. The predicted octanol–water partition coefficient (Wildman–Crippen LogP) is 6.44. The lowest BCUT2D eigenvalue weighted by Gasteiger charge is -2.12. The van der Waals surface area contributed by atoms with Gasteiger partial charge < -0.3 is 0 Å². The molecule has 0 nitrogen and oxygen atoms in total. The van der Waals surface area contributed by atoms with Gasteiger partial charge in [0.2, 0.25) is 0 Å². The maximum atomic E-state index is 13.9. The quantitative estimate of drug-likeness (QED) is 0.456. The van der Waals surface area contributed by atoms with E-state index in [1.165, 1.54) is 11.6 Å². The van der Waals surface area contributed by atoms with Crippen LogP contribution >= 0.6 is 38.9 Å². The molecule has 3 rings (SSSR count). The van der Waals surface area contributed by atoms with Gasteiger partial charge in [0, 0.05) is 10.3 Å². The number of benzene rings is 2. The van der Waals surface area contributed by atoms with Crippen molar-refractivity contribution in [1.82, 2.24) is 0 Å². The van der Waals surface area contributed by atoms with Gasteiger partial charge in [0.15, 0.2) is 0 Å². The van der Waals surface area contributed by atoms with Crippen LogP contribution in [0, 0.1) is 12.7 Å². The van der Waals surface area contributed by atoms with Crippen LogP contribution < -0.4 is 0 Å². The van der Waals surface area contributed by atoms with Gasteiger partial charge in [-0.05, 0) is 51.5 Å². The van der Waals surface area contributed by atoms with Crippen LogP contribution in [0.25, 0.3) is 10.8 Å². The van der Waals surface area contributed by atoms with Gasteiger partial charge in [-0.1, -0.05) is 30.3 Å². The molecule has 0 aliphatic heterocycles. The molecule has 0 amide bonds. The normalized spacial score (nSPS) is 12.8. The minimum Gasteiger partial charge on any atom is -0.206 e. The van der Waals surface area contributed by atoms with Crippen LogP contribution in [0.5, 0.6) is 0 Å². The number of aryl methyl sites for hydroxylation is 1. The van der Waals surface area contributed by atoms with Crippen molar-refractivity contribution < 1.29 is 4.39 Å². The first-order valence-corrected chi connectivity index (χ1v) is 8.19. The number of hydrogen-bond acceptors (Lipinski definition) is 1. The van der Waals surface area contributed by atoms with Crippen LogP contribution in [-0.4, -0.2) is 0 Å². The van der Waals surface area contributed by atoms with Crippen LogP contribution in [0.2, 0.25) is 0 Å². The van der Waals surface area contributed by atoms with Crippen molar-refractivity contribution in [3.8, 4) is 0 Å². The Morgan fingerprint density at radius 2 is 1.85 bits per heavy atom. The molecule has 0 saturated heterocycles. The molecule has 0 saturated carbocycles. The van der Waals surface area contributed by atoms with E-state index in [4.69, 9.17) is 11.6 Å². The monoisotopic (exact) mass is 368 g/mol. The van der Waals surface area contributed by atoms with E-state index in [-0.39, 0.29) is 11.2 Å². The molecule has 0 fully saturated rings. The molecule has 20 heavy (non-hydrogen) atoms. The van der Waals surface area contributed by atoms with Crippen molar-refractivity contribution in [2.24, 2.45) is 0 Å². The van der Waals surface area contributed by atoms with Crippen LogP contribution in [0.1, 0.15) is 21.4 Å². The summed E-state index contributed by atoms with van der Waals surface area (Å²) in [5.41, 5.74) is 2.11. The molecule has 1 heterocycles. The molecule has 0 spiro atoms. The molecule has 0 N–H and O–H groups in total. The Morgan fingerprint density at radius 1 is 1.15 bits per heavy atom. The molecule has 1 aromatic heterocycles. The topological polar surface area (TPSA) is 0 Å². The third-order valence-electron chi connectivity index (χ3n) is 3.30. The predicted molar refractivity (Wildman–Crippen MR) is 88.4 cm³/mol. The van der Waals surface area contributed by atoms with Crippen LogP contribution in [0.15, 0.2) is 46.3 Å². The maximum absolute atomic E-state index is 13.9. The van der Waals surface area contributed by atoms with E-state index < -0.39 is 0 Å². The average molecular weight is 370 g/mol. The lowest BCUT2D eigenvalue weighted by molar-refractivity contribution is 0.639. The molecular formula is C16H11BrClFS. The SMILES string of the molecule is Cc1cc(C(Cl)c2ccc(F)c3ccccc23)sc1Br. The Balaban J connectivity index is 2.17. The van der Waals surface area contributed by atoms with E-state index in [2.05, 4.69) is 22.0 Å². The van der Waals surface area contributed by atoms with Crippen molar-refractivity contribution >= 4 is 49.6 Å². The smallest absolute Gasteiger partial charge is 0.131 e. The second-order valence-electron chi connectivity index (χ2n) is 4.65. The summed E-state index contributed by atoms with van der Waals surface area (Å²) < 4.78 is 14.9. The van der Waals surface area contributed by atoms with Crippen molar-refractivity contribution in [2.45, 2.75) is 12.3 Å². The second-order valence-corrected chi connectivity index (χ2v) is 7.49. The molecule has 0 aliphatic rings. The van der Waals surface area contributed by atoms with Crippen LogP contribution in [0.3, 0.4) is 0 Å². The van der Waals surface area contributed by atoms with Gasteiger partial charge in [0.1, 0.15) is 5.82 Å². The molecule has 1 unspecified atom stereocenters. The molecule has 4 heteroatoms. The Bertz CT molecular complexity index is 762. The van der Waals surface area contributed by atoms with E-state index >= 15 is 0 Å². The molecule has 0 bridgehead atoms. The van der Waals surface area contributed by atoms with E-state index in [0.29, 0.717) is 5.39 Å². The summed E-state index contributed by atoms with van der Waals surface area (Å²) in [6.07, 6.45) is 0. The Labute approximate surface area is 134 Å². The van der Waals surface area contributed by atoms with E-state index in [1.54, 1.807) is 23.5 Å². The fourth-order valence-electron chi connectivity index (χ4n) is 2.27. The first-order valence-electron chi connectivity index (χ1n) is 6.15. The largest absolute Gasteiger partial charge is 0.206 e. The lowest BCUT2D eigenvalue weighted by atomic mass is 10.0. The Kier molecular flexibility index (Phi) is 3.85. The molecule has 2 aromatic carbocycles. The average Bonchev–Trinajstić information content (AvgIpc) is 2.79. The summed E-state index contributed by atoms with van der Waals surface area (Å²) in [5.74, 6) is -0.211. The second kappa shape index (κ2) is 5.47. The maximum Gasteiger partial charge on any atom is 0.131 e. The molecule has 1 atom stereocenters. The first-order chi connectivity index (χ1) is 9.58. The van der Waals surface area contributed by atoms with Gasteiger partial charge in [-0.25, -0.2) is 4.39 Å². The summed E-state index contributed by atoms with van der Waals surface area (Å²) in [6, 6.07) is 12.8. The Hall–Kier alpha value is -0.900. The van der Waals surface area contributed by atoms with Crippen molar-refractivity contribution in [3.63, 3.8) is 0 Å². The number of fused-ring (bicyclic) bond motifs is 1. The van der Waals surface area contributed by atoms with E-state index in [0.717, 1.165) is 19.6 Å². The van der Waals surface area contributed by atoms with Crippen molar-refractivity contribution in [1.29, 1.82) is 0 Å². The third kappa shape index (κ3) is 2.39. The number of hydrogen-bond donors (Lipinski definition) is 0. The highest BCUT2D eigenvalue weighted by molar-refractivity contribution is 9.11.